The third-order valence-corrected chi connectivity index (χ3v) is 5.37. The average Bonchev–Trinajstić information content (AvgIpc) is 3.35. The summed E-state index contributed by atoms with van der Waals surface area (Å²) in [5, 5.41) is 8.68. The lowest BCUT2D eigenvalue weighted by molar-refractivity contribution is -0.148. The van der Waals surface area contributed by atoms with Crippen molar-refractivity contribution in [3.63, 3.8) is 0 Å². The maximum atomic E-state index is 6.19. The second-order valence-electron chi connectivity index (χ2n) is 7.60. The summed E-state index contributed by atoms with van der Waals surface area (Å²) in [6.07, 6.45) is 3.00. The number of fused-ring (bicyclic) bond motifs is 2. The van der Waals surface area contributed by atoms with E-state index in [-0.39, 0.29) is 23.4 Å². The SMILES string of the molecule is CC1(C)O[C@@H]2[C@H](O1)C(COCc1ccccc1)=C[C@H]2n1nnc2c(Cl)ncnc21. The van der Waals surface area contributed by atoms with E-state index in [4.69, 9.17) is 25.8 Å². The molecule has 1 aliphatic carbocycles. The van der Waals surface area contributed by atoms with E-state index in [1.165, 1.54) is 6.33 Å². The molecule has 8 nitrogen and oxygen atoms in total. The van der Waals surface area contributed by atoms with E-state index in [2.05, 4.69) is 26.4 Å². The molecule has 29 heavy (non-hydrogen) atoms. The molecule has 2 aromatic heterocycles. The first-order valence-corrected chi connectivity index (χ1v) is 9.79. The Kier molecular flexibility index (Phi) is 4.59. The molecular weight excluding hydrogens is 394 g/mol. The fourth-order valence-electron chi connectivity index (χ4n) is 3.87. The Morgan fingerprint density at radius 1 is 1.14 bits per heavy atom. The molecule has 3 heterocycles. The zero-order valence-electron chi connectivity index (χ0n) is 16.0. The highest BCUT2D eigenvalue weighted by Crippen LogP contribution is 2.43. The molecule has 0 bridgehead atoms. The lowest BCUT2D eigenvalue weighted by Gasteiger charge is -2.20. The highest BCUT2D eigenvalue weighted by molar-refractivity contribution is 6.33. The van der Waals surface area contributed by atoms with E-state index in [1.807, 2.05) is 44.2 Å². The van der Waals surface area contributed by atoms with Crippen molar-refractivity contribution in [2.24, 2.45) is 0 Å². The number of nitrogens with zero attached hydrogens (tertiary/aromatic N) is 5. The molecule has 3 atom stereocenters. The molecule has 5 rings (SSSR count). The lowest BCUT2D eigenvalue weighted by atomic mass is 10.1. The normalized spacial score (nSPS) is 25.3. The van der Waals surface area contributed by atoms with Crippen molar-refractivity contribution >= 4 is 22.8 Å². The molecule has 1 fully saturated rings. The van der Waals surface area contributed by atoms with Gasteiger partial charge >= 0.3 is 0 Å². The van der Waals surface area contributed by atoms with Crippen LogP contribution in [0.25, 0.3) is 11.2 Å². The van der Waals surface area contributed by atoms with Gasteiger partial charge in [0.2, 0.25) is 0 Å². The standard InChI is InChI=1S/C20H20ClN5O3/c1-20(2)28-16-13(10-27-9-12-6-4-3-5-7-12)8-14(17(16)29-20)26-19-15(24-25-26)18(21)22-11-23-19/h3-8,11,14,16-17H,9-10H2,1-2H3/t14-,16-,17+/m1/s1. The third-order valence-electron chi connectivity index (χ3n) is 5.10. The Bertz CT molecular complexity index is 1070. The minimum Gasteiger partial charge on any atom is -0.372 e. The van der Waals surface area contributed by atoms with Crippen LogP contribution in [0.2, 0.25) is 5.15 Å². The Morgan fingerprint density at radius 2 is 1.97 bits per heavy atom. The number of halogens is 1. The smallest absolute Gasteiger partial charge is 0.183 e. The molecule has 0 unspecified atom stereocenters. The van der Waals surface area contributed by atoms with Gasteiger partial charge in [-0.05, 0) is 25.0 Å². The molecule has 3 aromatic rings. The Labute approximate surface area is 172 Å². The Morgan fingerprint density at radius 3 is 2.79 bits per heavy atom. The van der Waals surface area contributed by atoms with Crippen LogP contribution < -0.4 is 0 Å². The van der Waals surface area contributed by atoms with Crippen molar-refractivity contribution in [1.82, 2.24) is 25.0 Å². The van der Waals surface area contributed by atoms with Crippen LogP contribution in [-0.2, 0) is 20.8 Å². The molecule has 1 aromatic carbocycles. The van der Waals surface area contributed by atoms with Crippen LogP contribution >= 0.6 is 11.6 Å². The minimum absolute atomic E-state index is 0.220. The molecular formula is C20H20ClN5O3. The van der Waals surface area contributed by atoms with Gasteiger partial charge in [0, 0.05) is 0 Å². The van der Waals surface area contributed by atoms with Crippen molar-refractivity contribution in [1.29, 1.82) is 0 Å². The van der Waals surface area contributed by atoms with E-state index < -0.39 is 5.79 Å². The fourth-order valence-corrected chi connectivity index (χ4v) is 4.04. The predicted octanol–water partition coefficient (Wildman–Crippen LogP) is 3.09. The van der Waals surface area contributed by atoms with Gasteiger partial charge in [-0.2, -0.15) is 0 Å². The molecule has 150 valence electrons. The quantitative estimate of drug-likeness (QED) is 0.469. The zero-order chi connectivity index (χ0) is 20.0. The van der Waals surface area contributed by atoms with Gasteiger partial charge in [0.05, 0.1) is 13.2 Å². The summed E-state index contributed by atoms with van der Waals surface area (Å²) in [6, 6.07) is 9.84. The van der Waals surface area contributed by atoms with Gasteiger partial charge in [-0.1, -0.05) is 53.2 Å². The minimum atomic E-state index is -0.699. The molecule has 9 heteroatoms. The molecule has 0 spiro atoms. The molecule has 2 aliphatic rings. The van der Waals surface area contributed by atoms with E-state index in [9.17, 15) is 0 Å². The number of hydrogen-bond donors (Lipinski definition) is 0. The second-order valence-corrected chi connectivity index (χ2v) is 7.96. The van der Waals surface area contributed by atoms with Gasteiger partial charge < -0.3 is 14.2 Å². The van der Waals surface area contributed by atoms with Crippen LogP contribution in [0.1, 0.15) is 25.5 Å². The van der Waals surface area contributed by atoms with Gasteiger partial charge in [0.25, 0.3) is 0 Å². The fraction of sp³-hybridized carbons (Fsp3) is 0.400. The third kappa shape index (κ3) is 3.42. The van der Waals surface area contributed by atoms with Crippen LogP contribution in [0.15, 0.2) is 48.3 Å². The number of ether oxygens (including phenoxy) is 3. The monoisotopic (exact) mass is 413 g/mol. The van der Waals surface area contributed by atoms with E-state index >= 15 is 0 Å². The summed E-state index contributed by atoms with van der Waals surface area (Å²) in [6.45, 7) is 4.78. The molecule has 0 radical (unpaired) electrons. The molecule has 0 N–H and O–H groups in total. The summed E-state index contributed by atoms with van der Waals surface area (Å²) in [4.78, 5) is 8.28. The highest BCUT2D eigenvalue weighted by Gasteiger charge is 2.51. The molecule has 0 saturated carbocycles. The van der Waals surface area contributed by atoms with Crippen LogP contribution in [0.5, 0.6) is 0 Å². The van der Waals surface area contributed by atoms with Crippen LogP contribution in [0, 0.1) is 0 Å². The average molecular weight is 414 g/mol. The van der Waals surface area contributed by atoms with Gasteiger partial charge in [-0.15, -0.1) is 5.10 Å². The number of aromatic nitrogens is 5. The first-order chi connectivity index (χ1) is 14.0. The van der Waals surface area contributed by atoms with Crippen LogP contribution in [0.3, 0.4) is 0 Å². The lowest BCUT2D eigenvalue weighted by Crippen LogP contribution is -2.29. The van der Waals surface area contributed by atoms with Crippen molar-refractivity contribution in [3.8, 4) is 0 Å². The van der Waals surface area contributed by atoms with Crippen molar-refractivity contribution in [2.45, 2.75) is 44.5 Å². The zero-order valence-corrected chi connectivity index (χ0v) is 16.8. The summed E-state index contributed by atoms with van der Waals surface area (Å²) < 4.78 is 20.0. The van der Waals surface area contributed by atoms with Crippen molar-refractivity contribution in [2.75, 3.05) is 6.61 Å². The van der Waals surface area contributed by atoms with Gasteiger partial charge in [0.1, 0.15) is 24.6 Å². The van der Waals surface area contributed by atoms with E-state index in [1.54, 1.807) is 4.68 Å². The Hall–Kier alpha value is -2.39. The van der Waals surface area contributed by atoms with Crippen molar-refractivity contribution in [3.05, 3.63) is 59.0 Å². The van der Waals surface area contributed by atoms with Crippen molar-refractivity contribution < 1.29 is 14.2 Å². The summed E-state index contributed by atoms with van der Waals surface area (Å²) in [7, 11) is 0. The van der Waals surface area contributed by atoms with Crippen LogP contribution in [-0.4, -0.2) is 49.6 Å². The molecule has 0 amide bonds. The molecule has 1 aliphatic heterocycles. The first kappa shape index (κ1) is 18.6. The number of hydrogen-bond acceptors (Lipinski definition) is 7. The highest BCUT2D eigenvalue weighted by atomic mass is 35.5. The van der Waals surface area contributed by atoms with Gasteiger partial charge in [-0.3, -0.25) is 0 Å². The number of rotatable bonds is 5. The van der Waals surface area contributed by atoms with E-state index in [0.717, 1.165) is 11.1 Å². The van der Waals surface area contributed by atoms with Gasteiger partial charge in [-0.25, -0.2) is 14.6 Å². The summed E-state index contributed by atoms with van der Waals surface area (Å²) in [5.74, 6) is -0.699. The topological polar surface area (TPSA) is 84.2 Å². The first-order valence-electron chi connectivity index (χ1n) is 9.41. The molecule has 1 saturated heterocycles. The maximum absolute atomic E-state index is 6.19. The summed E-state index contributed by atoms with van der Waals surface area (Å²) in [5.41, 5.74) is 3.16. The summed E-state index contributed by atoms with van der Waals surface area (Å²) >= 11 is 6.13. The maximum Gasteiger partial charge on any atom is 0.183 e. The van der Waals surface area contributed by atoms with Gasteiger partial charge in [0.15, 0.2) is 22.1 Å². The Balaban J connectivity index is 1.42. The second kappa shape index (κ2) is 7.14. The largest absolute Gasteiger partial charge is 0.372 e. The predicted molar refractivity (Wildman–Crippen MR) is 105 cm³/mol. The number of benzene rings is 1. The van der Waals surface area contributed by atoms with Crippen LogP contribution in [0.4, 0.5) is 0 Å². The van der Waals surface area contributed by atoms with E-state index in [0.29, 0.717) is 24.4 Å².